The third-order valence-electron chi connectivity index (χ3n) is 4.11. The molecule has 3 N–H and O–H groups in total. The molecule has 27 heavy (non-hydrogen) atoms. The van der Waals surface area contributed by atoms with Crippen LogP contribution in [0.2, 0.25) is 0 Å². The normalized spacial score (nSPS) is 12.2. The van der Waals surface area contributed by atoms with Gasteiger partial charge in [0.05, 0.1) is 12.3 Å². The van der Waals surface area contributed by atoms with E-state index in [0.29, 0.717) is 11.5 Å². The number of benzene rings is 2. The minimum Gasteiger partial charge on any atom is -0.394 e. The average molecular weight is 366 g/mol. The number of hydrogen-bond acceptors (Lipinski definition) is 5. The Labute approximate surface area is 152 Å². The zero-order chi connectivity index (χ0) is 18.8. The van der Waals surface area contributed by atoms with Crippen LogP contribution in [0, 0.1) is 5.82 Å². The number of rotatable bonds is 5. The molecule has 2 aromatic heterocycles. The molecular formula is C19H15FN4O3. The van der Waals surface area contributed by atoms with Crippen molar-refractivity contribution in [3.63, 3.8) is 0 Å². The van der Waals surface area contributed by atoms with Crippen LogP contribution >= 0.6 is 0 Å². The Morgan fingerprint density at radius 2 is 2.00 bits per heavy atom. The minimum atomic E-state index is -0.881. The molecule has 0 fully saturated rings. The summed E-state index contributed by atoms with van der Waals surface area (Å²) in [7, 11) is 0. The van der Waals surface area contributed by atoms with E-state index in [-0.39, 0.29) is 11.5 Å². The number of aromatic amines is 1. The van der Waals surface area contributed by atoms with Crippen molar-refractivity contribution in [3.05, 3.63) is 71.9 Å². The summed E-state index contributed by atoms with van der Waals surface area (Å²) in [5.74, 6) is -0.540. The van der Waals surface area contributed by atoms with E-state index in [0.717, 1.165) is 10.9 Å². The van der Waals surface area contributed by atoms with Gasteiger partial charge in [0.25, 0.3) is 11.8 Å². The summed E-state index contributed by atoms with van der Waals surface area (Å²) in [6.07, 6.45) is 0. The molecule has 4 rings (SSSR count). The van der Waals surface area contributed by atoms with Crippen LogP contribution in [-0.2, 0) is 0 Å². The maximum Gasteiger partial charge on any atom is 0.251 e. The molecule has 1 unspecified atom stereocenters. The average Bonchev–Trinajstić information content (AvgIpc) is 3.33. The molecule has 136 valence electrons. The van der Waals surface area contributed by atoms with Crippen LogP contribution in [0.3, 0.4) is 0 Å². The van der Waals surface area contributed by atoms with Crippen molar-refractivity contribution in [2.45, 2.75) is 6.04 Å². The van der Waals surface area contributed by atoms with Gasteiger partial charge in [0.15, 0.2) is 0 Å². The molecule has 1 atom stereocenters. The largest absolute Gasteiger partial charge is 0.394 e. The van der Waals surface area contributed by atoms with Gasteiger partial charge >= 0.3 is 0 Å². The Morgan fingerprint density at radius 3 is 2.74 bits per heavy atom. The number of halogens is 1. The van der Waals surface area contributed by atoms with E-state index >= 15 is 0 Å². The van der Waals surface area contributed by atoms with Crippen molar-refractivity contribution in [3.8, 4) is 11.5 Å². The van der Waals surface area contributed by atoms with Crippen molar-refractivity contribution in [1.29, 1.82) is 0 Å². The summed E-state index contributed by atoms with van der Waals surface area (Å²) in [5.41, 5.74) is 1.85. The van der Waals surface area contributed by atoms with E-state index < -0.39 is 24.4 Å². The first-order valence-electron chi connectivity index (χ1n) is 8.23. The van der Waals surface area contributed by atoms with Crippen LogP contribution < -0.4 is 5.32 Å². The highest BCUT2D eigenvalue weighted by Crippen LogP contribution is 2.23. The Balaban J connectivity index is 1.55. The molecule has 2 aromatic carbocycles. The molecule has 8 heteroatoms. The number of para-hydroxylation sites is 1. The fourth-order valence-electron chi connectivity index (χ4n) is 2.71. The molecule has 0 bridgehead atoms. The standard InChI is InChI=1S/C19H15FN4O3/c20-13-7-5-11(6-8-13)18(26)22-16(10-25)19-23-17(24-27-19)15-9-12-3-1-2-4-14(12)21-15/h1-9,16,21,25H,10H2,(H,22,26). The molecule has 0 aliphatic carbocycles. The lowest BCUT2D eigenvalue weighted by Gasteiger charge is -2.12. The van der Waals surface area contributed by atoms with Gasteiger partial charge in [-0.15, -0.1) is 0 Å². The maximum absolute atomic E-state index is 13.0. The smallest absolute Gasteiger partial charge is 0.251 e. The number of carbonyl (C=O) groups is 1. The summed E-state index contributed by atoms with van der Waals surface area (Å²) in [6.45, 7) is -0.429. The second-order valence-electron chi connectivity index (χ2n) is 5.94. The third kappa shape index (κ3) is 3.42. The highest BCUT2D eigenvalue weighted by Gasteiger charge is 2.22. The number of fused-ring (bicyclic) bond motifs is 1. The van der Waals surface area contributed by atoms with E-state index in [1.807, 2.05) is 30.3 Å². The Kier molecular flexibility index (Phi) is 4.39. The fourth-order valence-corrected chi connectivity index (χ4v) is 2.71. The molecular weight excluding hydrogens is 351 g/mol. The van der Waals surface area contributed by atoms with Crippen LogP contribution in [0.1, 0.15) is 22.3 Å². The fraction of sp³-hybridized carbons (Fsp3) is 0.105. The lowest BCUT2D eigenvalue weighted by atomic mass is 10.2. The van der Waals surface area contributed by atoms with E-state index in [9.17, 15) is 14.3 Å². The SMILES string of the molecule is O=C(NC(CO)c1nc(-c2cc3ccccc3[nH]2)no1)c1ccc(F)cc1. The highest BCUT2D eigenvalue weighted by atomic mass is 19.1. The molecule has 0 aliphatic rings. The first-order valence-corrected chi connectivity index (χ1v) is 8.23. The number of H-pyrrole nitrogens is 1. The first-order chi connectivity index (χ1) is 13.1. The number of carbonyl (C=O) groups excluding carboxylic acids is 1. The van der Waals surface area contributed by atoms with Crippen LogP contribution in [0.15, 0.2) is 59.1 Å². The molecule has 0 saturated carbocycles. The molecule has 4 aromatic rings. The lowest BCUT2D eigenvalue weighted by Crippen LogP contribution is -2.31. The zero-order valence-corrected chi connectivity index (χ0v) is 14.0. The summed E-state index contributed by atoms with van der Waals surface area (Å²) in [4.78, 5) is 19.7. The van der Waals surface area contributed by atoms with Crippen LogP contribution in [-0.4, -0.2) is 32.7 Å². The van der Waals surface area contributed by atoms with E-state index in [1.54, 1.807) is 0 Å². The first kappa shape index (κ1) is 16.9. The molecule has 0 spiro atoms. The number of nitrogens with zero attached hydrogens (tertiary/aromatic N) is 2. The number of aromatic nitrogens is 3. The van der Waals surface area contributed by atoms with Crippen molar-refractivity contribution < 1.29 is 18.8 Å². The van der Waals surface area contributed by atoms with Crippen molar-refractivity contribution in [1.82, 2.24) is 20.4 Å². The monoisotopic (exact) mass is 366 g/mol. The summed E-state index contributed by atoms with van der Waals surface area (Å²) < 4.78 is 18.2. The second kappa shape index (κ2) is 7.00. The molecule has 2 heterocycles. The van der Waals surface area contributed by atoms with Gasteiger partial charge in [-0.2, -0.15) is 4.98 Å². The second-order valence-corrected chi connectivity index (χ2v) is 5.94. The highest BCUT2D eigenvalue weighted by molar-refractivity contribution is 5.94. The Morgan fingerprint density at radius 1 is 1.22 bits per heavy atom. The topological polar surface area (TPSA) is 104 Å². The lowest BCUT2D eigenvalue weighted by molar-refractivity contribution is 0.0901. The van der Waals surface area contributed by atoms with E-state index in [2.05, 4.69) is 20.4 Å². The number of aliphatic hydroxyl groups excluding tert-OH is 1. The van der Waals surface area contributed by atoms with E-state index in [4.69, 9.17) is 4.52 Å². The van der Waals surface area contributed by atoms with Gasteiger partial charge in [0, 0.05) is 16.5 Å². The minimum absolute atomic E-state index is 0.0709. The number of hydrogen-bond donors (Lipinski definition) is 3. The summed E-state index contributed by atoms with van der Waals surface area (Å²) in [5, 5.41) is 17.1. The Bertz CT molecular complexity index is 1050. The third-order valence-corrected chi connectivity index (χ3v) is 4.11. The van der Waals surface area contributed by atoms with Crippen LogP contribution in [0.4, 0.5) is 4.39 Å². The summed E-state index contributed by atoms with van der Waals surface area (Å²) >= 11 is 0. The molecule has 0 aliphatic heterocycles. The van der Waals surface area contributed by atoms with Crippen molar-refractivity contribution in [2.75, 3.05) is 6.61 Å². The van der Waals surface area contributed by atoms with Crippen molar-refractivity contribution >= 4 is 16.8 Å². The number of amides is 1. The van der Waals surface area contributed by atoms with Crippen LogP contribution in [0.25, 0.3) is 22.4 Å². The van der Waals surface area contributed by atoms with Gasteiger partial charge in [-0.05, 0) is 36.4 Å². The molecule has 0 radical (unpaired) electrons. The van der Waals surface area contributed by atoms with Gasteiger partial charge in [-0.3, -0.25) is 4.79 Å². The number of aliphatic hydroxyl groups is 1. The summed E-state index contributed by atoms with van der Waals surface area (Å²) in [6, 6.07) is 13.8. The Hall–Kier alpha value is -3.52. The van der Waals surface area contributed by atoms with Crippen molar-refractivity contribution in [2.24, 2.45) is 0 Å². The van der Waals surface area contributed by atoms with Gasteiger partial charge in [0.2, 0.25) is 5.82 Å². The molecule has 0 saturated heterocycles. The van der Waals surface area contributed by atoms with E-state index in [1.165, 1.54) is 24.3 Å². The predicted octanol–water partition coefficient (Wildman–Crippen LogP) is 2.82. The molecule has 7 nitrogen and oxygen atoms in total. The van der Waals surface area contributed by atoms with Gasteiger partial charge in [-0.25, -0.2) is 4.39 Å². The van der Waals surface area contributed by atoms with Gasteiger partial charge in [-0.1, -0.05) is 23.4 Å². The molecule has 1 amide bonds. The number of nitrogens with one attached hydrogen (secondary N) is 2. The maximum atomic E-state index is 13.0. The zero-order valence-electron chi connectivity index (χ0n) is 14.0. The van der Waals surface area contributed by atoms with Gasteiger partial charge in [0.1, 0.15) is 11.9 Å². The van der Waals surface area contributed by atoms with Crippen LogP contribution in [0.5, 0.6) is 0 Å². The predicted molar refractivity (Wildman–Crippen MR) is 95.3 cm³/mol. The quantitative estimate of drug-likeness (QED) is 0.504. The van der Waals surface area contributed by atoms with Gasteiger partial charge < -0.3 is 19.9 Å².